The molecular formula is C28H24F3NO4. The number of anilines is 1. The maximum atomic E-state index is 13.4. The van der Waals surface area contributed by atoms with E-state index in [1.807, 2.05) is 6.92 Å². The zero-order valence-corrected chi connectivity index (χ0v) is 19.7. The van der Waals surface area contributed by atoms with Crippen molar-refractivity contribution in [3.05, 3.63) is 101 Å². The van der Waals surface area contributed by atoms with Crippen molar-refractivity contribution >= 4 is 23.1 Å². The van der Waals surface area contributed by atoms with E-state index < -0.39 is 35.2 Å². The summed E-state index contributed by atoms with van der Waals surface area (Å²) in [5.74, 6) is -1.97. The summed E-state index contributed by atoms with van der Waals surface area (Å²) in [6, 6.07) is 16.5. The Morgan fingerprint density at radius 3 is 2.42 bits per heavy atom. The van der Waals surface area contributed by atoms with E-state index in [0.29, 0.717) is 23.5 Å². The van der Waals surface area contributed by atoms with Gasteiger partial charge in [-0.25, -0.2) is 0 Å². The maximum absolute atomic E-state index is 13.4. The molecule has 36 heavy (non-hydrogen) atoms. The van der Waals surface area contributed by atoms with Gasteiger partial charge < -0.3 is 9.84 Å². The van der Waals surface area contributed by atoms with Gasteiger partial charge in [0.25, 0.3) is 11.7 Å². The number of amides is 1. The highest BCUT2D eigenvalue weighted by atomic mass is 19.4. The minimum Gasteiger partial charge on any atom is -0.507 e. The summed E-state index contributed by atoms with van der Waals surface area (Å²) < 4.78 is 45.9. The SMILES string of the molecule is CCCOc1cccc(/C(O)=C2\C(=O)C(=O)N(c3cccc(C(F)(F)F)c3)C2c2ccccc2C)c1. The highest BCUT2D eigenvalue weighted by Crippen LogP contribution is 2.44. The smallest absolute Gasteiger partial charge is 0.416 e. The van der Waals surface area contributed by atoms with Crippen molar-refractivity contribution in [1.82, 2.24) is 0 Å². The van der Waals surface area contributed by atoms with Crippen LogP contribution in [0.5, 0.6) is 5.75 Å². The van der Waals surface area contributed by atoms with Crippen molar-refractivity contribution in [2.24, 2.45) is 0 Å². The molecule has 0 radical (unpaired) electrons. The van der Waals surface area contributed by atoms with Gasteiger partial charge in [-0.1, -0.05) is 49.4 Å². The van der Waals surface area contributed by atoms with Gasteiger partial charge in [-0.15, -0.1) is 0 Å². The van der Waals surface area contributed by atoms with E-state index in [9.17, 15) is 27.9 Å². The van der Waals surface area contributed by atoms with Gasteiger partial charge >= 0.3 is 6.18 Å². The van der Waals surface area contributed by atoms with E-state index in [4.69, 9.17) is 4.74 Å². The number of benzene rings is 3. The minimum atomic E-state index is -4.64. The first-order valence-electron chi connectivity index (χ1n) is 11.4. The number of Topliss-reactive ketones (excluding diaryl/α,β-unsaturated/α-hetero) is 1. The Labute approximate surface area is 206 Å². The molecule has 1 atom stereocenters. The van der Waals surface area contributed by atoms with Gasteiger partial charge in [0.2, 0.25) is 0 Å². The van der Waals surface area contributed by atoms with Crippen LogP contribution in [-0.2, 0) is 15.8 Å². The average Bonchev–Trinajstić information content (AvgIpc) is 3.12. The maximum Gasteiger partial charge on any atom is 0.416 e. The molecule has 1 unspecified atom stereocenters. The Morgan fingerprint density at radius 1 is 1.00 bits per heavy atom. The summed E-state index contributed by atoms with van der Waals surface area (Å²) in [7, 11) is 0. The molecular weight excluding hydrogens is 471 g/mol. The summed E-state index contributed by atoms with van der Waals surface area (Å²) in [5.41, 5.74) is 0.204. The summed E-state index contributed by atoms with van der Waals surface area (Å²) in [6.07, 6.45) is -3.87. The second-order valence-electron chi connectivity index (χ2n) is 8.45. The van der Waals surface area contributed by atoms with Crippen LogP contribution in [0.1, 0.15) is 41.6 Å². The van der Waals surface area contributed by atoms with Crippen LogP contribution in [0.15, 0.2) is 78.4 Å². The van der Waals surface area contributed by atoms with Gasteiger partial charge in [-0.2, -0.15) is 13.2 Å². The number of hydrogen-bond donors (Lipinski definition) is 1. The first kappa shape index (κ1) is 25.0. The number of rotatable bonds is 6. The predicted octanol–water partition coefficient (Wildman–Crippen LogP) is 6.43. The van der Waals surface area contributed by atoms with Crippen molar-refractivity contribution in [3.63, 3.8) is 0 Å². The van der Waals surface area contributed by atoms with Crippen LogP contribution in [0.25, 0.3) is 5.76 Å². The number of carbonyl (C=O) groups excluding carboxylic acids is 2. The Bertz CT molecular complexity index is 1350. The number of hydrogen-bond acceptors (Lipinski definition) is 4. The van der Waals surface area contributed by atoms with Crippen LogP contribution < -0.4 is 9.64 Å². The van der Waals surface area contributed by atoms with Crippen molar-refractivity contribution in [1.29, 1.82) is 0 Å². The molecule has 0 aliphatic carbocycles. The number of ether oxygens (including phenoxy) is 1. The number of halogens is 3. The Kier molecular flexibility index (Phi) is 6.88. The average molecular weight is 495 g/mol. The Morgan fingerprint density at radius 2 is 1.72 bits per heavy atom. The van der Waals surface area contributed by atoms with Crippen molar-refractivity contribution < 1.29 is 32.6 Å². The van der Waals surface area contributed by atoms with Crippen molar-refractivity contribution in [2.45, 2.75) is 32.5 Å². The van der Waals surface area contributed by atoms with Gasteiger partial charge in [0.15, 0.2) is 0 Å². The second kappa shape index (κ2) is 9.89. The van der Waals surface area contributed by atoms with E-state index in [1.54, 1.807) is 55.5 Å². The Hall–Kier alpha value is -4.07. The number of nitrogens with zero attached hydrogens (tertiary/aromatic N) is 1. The minimum absolute atomic E-state index is 0.0979. The third-order valence-corrected chi connectivity index (χ3v) is 5.96. The molecule has 0 bridgehead atoms. The fourth-order valence-corrected chi connectivity index (χ4v) is 4.23. The molecule has 3 aromatic rings. The topological polar surface area (TPSA) is 66.8 Å². The molecule has 0 saturated carbocycles. The quantitative estimate of drug-likeness (QED) is 0.243. The molecule has 0 aromatic heterocycles. The lowest BCUT2D eigenvalue weighted by Crippen LogP contribution is -2.30. The summed E-state index contributed by atoms with van der Waals surface area (Å²) >= 11 is 0. The van der Waals surface area contributed by atoms with Gasteiger partial charge in [-0.3, -0.25) is 14.5 Å². The first-order chi connectivity index (χ1) is 17.1. The van der Waals surface area contributed by atoms with E-state index in [2.05, 4.69) is 0 Å². The lowest BCUT2D eigenvalue weighted by atomic mass is 9.92. The van der Waals surface area contributed by atoms with Crippen LogP contribution in [0.3, 0.4) is 0 Å². The number of aliphatic hydroxyl groups excluding tert-OH is 1. The van der Waals surface area contributed by atoms with Gasteiger partial charge in [0, 0.05) is 11.3 Å². The number of alkyl halides is 3. The van der Waals surface area contributed by atoms with E-state index >= 15 is 0 Å². The molecule has 4 rings (SSSR count). The van der Waals surface area contributed by atoms with E-state index in [0.717, 1.165) is 23.5 Å². The molecule has 5 nitrogen and oxygen atoms in total. The van der Waals surface area contributed by atoms with Crippen LogP contribution >= 0.6 is 0 Å². The molecule has 1 heterocycles. The number of aryl methyl sites for hydroxylation is 1. The molecule has 3 aromatic carbocycles. The number of carbonyl (C=O) groups is 2. The largest absolute Gasteiger partial charge is 0.507 e. The highest BCUT2D eigenvalue weighted by molar-refractivity contribution is 6.51. The van der Waals surface area contributed by atoms with Gasteiger partial charge in [0.05, 0.1) is 23.8 Å². The lowest BCUT2D eigenvalue weighted by Gasteiger charge is -2.27. The number of ketones is 1. The molecule has 186 valence electrons. The number of aliphatic hydroxyl groups is 1. The van der Waals surface area contributed by atoms with Crippen molar-refractivity contribution in [3.8, 4) is 5.75 Å². The van der Waals surface area contributed by atoms with E-state index in [-0.39, 0.29) is 16.8 Å². The third-order valence-electron chi connectivity index (χ3n) is 5.96. The summed E-state index contributed by atoms with van der Waals surface area (Å²) in [6.45, 7) is 4.16. The zero-order chi connectivity index (χ0) is 26.0. The predicted molar refractivity (Wildman–Crippen MR) is 130 cm³/mol. The van der Waals surface area contributed by atoms with Crippen LogP contribution in [0.2, 0.25) is 0 Å². The fourth-order valence-electron chi connectivity index (χ4n) is 4.23. The molecule has 1 aliphatic rings. The molecule has 1 N–H and O–H groups in total. The normalized spacial score (nSPS) is 17.5. The summed E-state index contributed by atoms with van der Waals surface area (Å²) in [4.78, 5) is 27.5. The van der Waals surface area contributed by atoms with Crippen LogP contribution in [0.4, 0.5) is 18.9 Å². The summed E-state index contributed by atoms with van der Waals surface area (Å²) in [5, 5.41) is 11.3. The highest BCUT2D eigenvalue weighted by Gasteiger charge is 2.47. The lowest BCUT2D eigenvalue weighted by molar-refractivity contribution is -0.137. The monoisotopic (exact) mass is 495 g/mol. The molecule has 1 saturated heterocycles. The second-order valence-corrected chi connectivity index (χ2v) is 8.45. The van der Waals surface area contributed by atoms with Gasteiger partial charge in [-0.05, 0) is 54.8 Å². The van der Waals surface area contributed by atoms with E-state index in [1.165, 1.54) is 12.1 Å². The third kappa shape index (κ3) is 4.71. The van der Waals surface area contributed by atoms with Crippen LogP contribution in [-0.4, -0.2) is 23.4 Å². The van der Waals surface area contributed by atoms with Crippen LogP contribution in [0, 0.1) is 6.92 Å². The fraction of sp³-hybridized carbons (Fsp3) is 0.214. The van der Waals surface area contributed by atoms with Crippen molar-refractivity contribution in [2.75, 3.05) is 11.5 Å². The first-order valence-corrected chi connectivity index (χ1v) is 11.4. The Balaban J connectivity index is 1.92. The molecule has 8 heteroatoms. The van der Waals surface area contributed by atoms with Gasteiger partial charge in [0.1, 0.15) is 11.5 Å². The molecule has 1 aliphatic heterocycles. The standard InChI is InChI=1S/C28H24F3NO4/c1-3-14-36-21-12-6-9-18(15-21)25(33)23-24(22-13-5-4-8-17(22)2)32(27(35)26(23)34)20-11-7-10-19(16-20)28(29,30)31/h4-13,15-16,24,33H,3,14H2,1-2H3/b25-23+. The molecule has 1 amide bonds. The zero-order valence-electron chi connectivity index (χ0n) is 19.7. The molecule has 0 spiro atoms. The molecule has 1 fully saturated rings.